The smallest absolute Gasteiger partial charge is 0.163 e. The average Bonchev–Trinajstić information content (AvgIpc) is 2.33. The minimum absolute atomic E-state index is 0.209. The Balaban J connectivity index is 2.41. The standard InChI is InChI=1S/C15H14O/c1-2-13-9-6-10-15(16)14(13)11-12-7-4-3-5-8-12/h2-5,7-9,11H,1,6,10H2/b14-11+. The molecule has 0 saturated heterocycles. The molecule has 0 atom stereocenters. The van der Waals surface area contributed by atoms with Gasteiger partial charge in [0.2, 0.25) is 0 Å². The summed E-state index contributed by atoms with van der Waals surface area (Å²) in [6.45, 7) is 3.75. The van der Waals surface area contributed by atoms with E-state index >= 15 is 0 Å². The zero-order valence-electron chi connectivity index (χ0n) is 9.15. The molecule has 80 valence electrons. The second-order valence-corrected chi connectivity index (χ2v) is 3.79. The lowest BCUT2D eigenvalue weighted by atomic mass is 9.91. The van der Waals surface area contributed by atoms with E-state index in [2.05, 4.69) is 12.7 Å². The van der Waals surface area contributed by atoms with Crippen molar-refractivity contribution in [3.05, 3.63) is 65.8 Å². The Hall–Kier alpha value is -1.89. The number of benzene rings is 1. The maximum Gasteiger partial charge on any atom is 0.163 e. The van der Waals surface area contributed by atoms with E-state index in [1.807, 2.05) is 36.4 Å². The second kappa shape index (κ2) is 4.75. The molecule has 0 N–H and O–H groups in total. The topological polar surface area (TPSA) is 17.1 Å². The molecule has 0 spiro atoms. The molecule has 0 fully saturated rings. The molecule has 2 rings (SSSR count). The van der Waals surface area contributed by atoms with Gasteiger partial charge in [0, 0.05) is 12.0 Å². The number of carbonyl (C=O) groups is 1. The minimum atomic E-state index is 0.209. The van der Waals surface area contributed by atoms with Gasteiger partial charge >= 0.3 is 0 Å². The molecular formula is C15H14O. The molecule has 1 nitrogen and oxygen atoms in total. The van der Waals surface area contributed by atoms with Crippen LogP contribution in [-0.4, -0.2) is 5.78 Å². The Labute approximate surface area is 95.8 Å². The van der Waals surface area contributed by atoms with Crippen LogP contribution >= 0.6 is 0 Å². The number of hydrogen-bond acceptors (Lipinski definition) is 1. The summed E-state index contributed by atoms with van der Waals surface area (Å²) < 4.78 is 0. The van der Waals surface area contributed by atoms with Gasteiger partial charge < -0.3 is 0 Å². The highest BCUT2D eigenvalue weighted by molar-refractivity contribution is 6.05. The summed E-state index contributed by atoms with van der Waals surface area (Å²) in [7, 11) is 0. The molecule has 1 heteroatoms. The Bertz CT molecular complexity index is 463. The predicted octanol–water partition coefficient (Wildman–Crippen LogP) is 3.55. The van der Waals surface area contributed by atoms with E-state index in [9.17, 15) is 4.79 Å². The predicted molar refractivity (Wildman–Crippen MR) is 66.9 cm³/mol. The third-order valence-electron chi connectivity index (χ3n) is 2.68. The van der Waals surface area contributed by atoms with Gasteiger partial charge in [-0.15, -0.1) is 0 Å². The van der Waals surface area contributed by atoms with Gasteiger partial charge in [0.05, 0.1) is 0 Å². The molecule has 1 aromatic rings. The molecular weight excluding hydrogens is 196 g/mol. The number of hydrogen-bond donors (Lipinski definition) is 0. The summed E-state index contributed by atoms with van der Waals surface area (Å²) in [6.07, 6.45) is 7.20. The van der Waals surface area contributed by atoms with E-state index in [1.165, 1.54) is 0 Å². The Morgan fingerprint density at radius 2 is 1.94 bits per heavy atom. The third-order valence-corrected chi connectivity index (χ3v) is 2.68. The zero-order valence-corrected chi connectivity index (χ0v) is 9.15. The van der Waals surface area contributed by atoms with Gasteiger partial charge in [-0.05, 0) is 23.6 Å². The van der Waals surface area contributed by atoms with Crippen molar-refractivity contribution < 1.29 is 4.79 Å². The summed E-state index contributed by atoms with van der Waals surface area (Å²) in [5, 5.41) is 0. The molecule has 1 aromatic carbocycles. The fraction of sp³-hybridized carbons (Fsp3) is 0.133. The lowest BCUT2D eigenvalue weighted by Crippen LogP contribution is -2.08. The third kappa shape index (κ3) is 2.19. The first-order valence-corrected chi connectivity index (χ1v) is 5.44. The van der Waals surface area contributed by atoms with E-state index in [4.69, 9.17) is 0 Å². The van der Waals surface area contributed by atoms with Crippen molar-refractivity contribution in [1.82, 2.24) is 0 Å². The minimum Gasteiger partial charge on any atom is -0.294 e. The van der Waals surface area contributed by atoms with Gasteiger partial charge in [-0.1, -0.05) is 49.1 Å². The number of Topliss-reactive ketones (excluding diaryl/α,β-unsaturated/α-hetero) is 1. The highest BCUT2D eigenvalue weighted by atomic mass is 16.1. The second-order valence-electron chi connectivity index (χ2n) is 3.79. The van der Waals surface area contributed by atoms with E-state index in [0.29, 0.717) is 6.42 Å². The Morgan fingerprint density at radius 1 is 1.19 bits per heavy atom. The van der Waals surface area contributed by atoms with Gasteiger partial charge in [-0.2, -0.15) is 0 Å². The SMILES string of the molecule is C=CC1=CCCC(=O)/C1=C/c1ccccc1. The van der Waals surface area contributed by atoms with Crippen molar-refractivity contribution in [3.8, 4) is 0 Å². The largest absolute Gasteiger partial charge is 0.294 e. The van der Waals surface area contributed by atoms with Crippen LogP contribution in [0, 0.1) is 0 Å². The van der Waals surface area contributed by atoms with Crippen molar-refractivity contribution in [1.29, 1.82) is 0 Å². The maximum atomic E-state index is 11.8. The normalized spacial score (nSPS) is 18.4. The lowest BCUT2D eigenvalue weighted by molar-refractivity contribution is -0.115. The van der Waals surface area contributed by atoms with E-state index in [0.717, 1.165) is 23.1 Å². The first-order chi connectivity index (χ1) is 7.81. The molecule has 16 heavy (non-hydrogen) atoms. The molecule has 0 bridgehead atoms. The number of rotatable bonds is 2. The molecule has 0 aromatic heterocycles. The fourth-order valence-electron chi connectivity index (χ4n) is 1.84. The summed E-state index contributed by atoms with van der Waals surface area (Å²) in [6, 6.07) is 9.90. The lowest BCUT2D eigenvalue weighted by Gasteiger charge is -2.12. The highest BCUT2D eigenvalue weighted by Crippen LogP contribution is 2.23. The van der Waals surface area contributed by atoms with Gasteiger partial charge in [0.25, 0.3) is 0 Å². The van der Waals surface area contributed by atoms with Crippen LogP contribution in [0.5, 0.6) is 0 Å². The summed E-state index contributed by atoms with van der Waals surface area (Å²) in [5.74, 6) is 0.209. The maximum absolute atomic E-state index is 11.8. The quantitative estimate of drug-likeness (QED) is 0.682. The van der Waals surface area contributed by atoms with E-state index < -0.39 is 0 Å². The number of carbonyl (C=O) groups excluding carboxylic acids is 1. The van der Waals surface area contributed by atoms with Crippen LogP contribution in [0.3, 0.4) is 0 Å². The molecule has 1 aliphatic rings. The summed E-state index contributed by atoms with van der Waals surface area (Å²) in [5.41, 5.74) is 2.80. The van der Waals surface area contributed by atoms with Crippen LogP contribution in [0.25, 0.3) is 6.08 Å². The van der Waals surface area contributed by atoms with Crippen LogP contribution in [0.2, 0.25) is 0 Å². The van der Waals surface area contributed by atoms with Crippen molar-refractivity contribution in [3.63, 3.8) is 0 Å². The molecule has 0 amide bonds. The Kier molecular flexibility index (Phi) is 3.16. The monoisotopic (exact) mass is 210 g/mol. The number of ketones is 1. The Morgan fingerprint density at radius 3 is 2.62 bits per heavy atom. The summed E-state index contributed by atoms with van der Waals surface area (Å²) >= 11 is 0. The van der Waals surface area contributed by atoms with Crippen molar-refractivity contribution in [2.24, 2.45) is 0 Å². The van der Waals surface area contributed by atoms with Crippen LogP contribution in [0.4, 0.5) is 0 Å². The van der Waals surface area contributed by atoms with Crippen LogP contribution in [0.15, 0.2) is 60.2 Å². The molecule has 0 aliphatic heterocycles. The van der Waals surface area contributed by atoms with Gasteiger partial charge in [0.15, 0.2) is 5.78 Å². The van der Waals surface area contributed by atoms with Crippen molar-refractivity contribution in [2.75, 3.05) is 0 Å². The summed E-state index contributed by atoms with van der Waals surface area (Å²) in [4.78, 5) is 11.8. The zero-order chi connectivity index (χ0) is 11.4. The molecule has 1 aliphatic carbocycles. The molecule has 0 unspecified atom stereocenters. The average molecular weight is 210 g/mol. The first kappa shape index (κ1) is 10.6. The van der Waals surface area contributed by atoms with E-state index in [-0.39, 0.29) is 5.78 Å². The highest BCUT2D eigenvalue weighted by Gasteiger charge is 2.15. The molecule has 0 heterocycles. The van der Waals surface area contributed by atoms with Crippen LogP contribution in [-0.2, 0) is 4.79 Å². The van der Waals surface area contributed by atoms with Crippen LogP contribution < -0.4 is 0 Å². The van der Waals surface area contributed by atoms with Crippen LogP contribution in [0.1, 0.15) is 18.4 Å². The van der Waals surface area contributed by atoms with Gasteiger partial charge in [-0.3, -0.25) is 4.79 Å². The van der Waals surface area contributed by atoms with Crippen molar-refractivity contribution >= 4 is 11.9 Å². The first-order valence-electron chi connectivity index (χ1n) is 5.44. The fourth-order valence-corrected chi connectivity index (χ4v) is 1.84. The van der Waals surface area contributed by atoms with Gasteiger partial charge in [0.1, 0.15) is 0 Å². The molecule has 0 radical (unpaired) electrons. The number of allylic oxidation sites excluding steroid dienone is 4. The van der Waals surface area contributed by atoms with E-state index in [1.54, 1.807) is 6.08 Å². The van der Waals surface area contributed by atoms with Crippen molar-refractivity contribution in [2.45, 2.75) is 12.8 Å². The molecule has 0 saturated carbocycles. The van der Waals surface area contributed by atoms with Gasteiger partial charge in [-0.25, -0.2) is 0 Å².